The summed E-state index contributed by atoms with van der Waals surface area (Å²) in [4.78, 5) is 35.0. The molecule has 0 bridgehead atoms. The van der Waals surface area contributed by atoms with Crippen molar-refractivity contribution < 1.29 is 9.59 Å². The Balaban J connectivity index is 0.00000190. The van der Waals surface area contributed by atoms with Crippen molar-refractivity contribution in [3.63, 3.8) is 0 Å². The van der Waals surface area contributed by atoms with Gasteiger partial charge in [0.2, 0.25) is 0 Å². The summed E-state index contributed by atoms with van der Waals surface area (Å²) in [5, 5.41) is 11.5. The van der Waals surface area contributed by atoms with Crippen LogP contribution in [0.1, 0.15) is 40.3 Å². The molecule has 248 valence electrons. The van der Waals surface area contributed by atoms with Gasteiger partial charge in [-0.25, -0.2) is 9.88 Å². The second-order valence-corrected chi connectivity index (χ2v) is 12.2. The van der Waals surface area contributed by atoms with Crippen molar-refractivity contribution in [2.45, 2.75) is 13.8 Å². The molecule has 1 aliphatic rings. The second-order valence-electron chi connectivity index (χ2n) is 12.2. The molecular formula is C46H32N4O2. The van der Waals surface area contributed by atoms with Crippen LogP contribution in [0.4, 0.5) is 5.69 Å². The molecule has 6 aromatic carbocycles. The summed E-state index contributed by atoms with van der Waals surface area (Å²) in [6.45, 7) is 4.00. The number of fused-ring (bicyclic) bond motifs is 4. The van der Waals surface area contributed by atoms with Crippen LogP contribution in [-0.2, 0) is 0 Å². The van der Waals surface area contributed by atoms with E-state index >= 15 is 0 Å². The molecule has 1 aliphatic heterocycles. The van der Waals surface area contributed by atoms with Crippen LogP contribution in [0.25, 0.3) is 61.0 Å². The van der Waals surface area contributed by atoms with Crippen molar-refractivity contribution in [3.8, 4) is 45.3 Å². The van der Waals surface area contributed by atoms with Gasteiger partial charge in [-0.05, 0) is 65.2 Å². The minimum Gasteiger partial charge on any atom is -0.308 e. The van der Waals surface area contributed by atoms with Gasteiger partial charge >= 0.3 is 0 Å². The quantitative estimate of drug-likeness (QED) is 0.170. The molecule has 2 aromatic heterocycles. The normalized spacial score (nSPS) is 12.1. The first-order valence-electron chi connectivity index (χ1n) is 17.3. The van der Waals surface area contributed by atoms with Gasteiger partial charge in [-0.1, -0.05) is 123 Å². The van der Waals surface area contributed by atoms with E-state index in [9.17, 15) is 14.9 Å². The number of imide groups is 1. The Labute approximate surface area is 301 Å². The number of rotatable bonds is 5. The van der Waals surface area contributed by atoms with Crippen LogP contribution in [0.3, 0.4) is 0 Å². The van der Waals surface area contributed by atoms with E-state index in [0.29, 0.717) is 33.9 Å². The van der Waals surface area contributed by atoms with Gasteiger partial charge in [0.25, 0.3) is 11.8 Å². The maximum atomic E-state index is 14.7. The van der Waals surface area contributed by atoms with E-state index in [1.165, 1.54) is 4.90 Å². The fourth-order valence-electron chi connectivity index (χ4n) is 7.11. The number of carbonyl (C=O) groups is 2. The standard InChI is InChI=1S/C44H26N4O2.C2H6/c45-27-32-15-9-18-37(46-32)31-21-23-34-33-16-7-8-19-38(33)47(41(34)26-31)40-20-10-17-35-42(40)44(50)48(43(35)49)39-24-22-30(28-11-3-1-4-12-28)25-36(39)29-13-5-2-6-14-29;1-2/h1-26H;1-2H3. The predicted molar refractivity (Wildman–Crippen MR) is 209 cm³/mol. The Kier molecular flexibility index (Phi) is 8.23. The first-order valence-corrected chi connectivity index (χ1v) is 17.3. The number of pyridine rings is 1. The third-order valence-electron chi connectivity index (χ3n) is 9.40. The molecule has 0 unspecified atom stereocenters. The Morgan fingerprint density at radius 2 is 1.19 bits per heavy atom. The molecule has 0 N–H and O–H groups in total. The van der Waals surface area contributed by atoms with Crippen molar-refractivity contribution in [1.29, 1.82) is 5.26 Å². The largest absolute Gasteiger partial charge is 0.308 e. The summed E-state index contributed by atoms with van der Waals surface area (Å²) in [5.74, 6) is -0.744. The van der Waals surface area contributed by atoms with Crippen molar-refractivity contribution in [2.24, 2.45) is 0 Å². The molecule has 0 spiro atoms. The minimum absolute atomic E-state index is 0.333. The number of hydrogen-bond acceptors (Lipinski definition) is 4. The van der Waals surface area contributed by atoms with Gasteiger partial charge in [0.15, 0.2) is 0 Å². The van der Waals surface area contributed by atoms with E-state index in [-0.39, 0.29) is 11.8 Å². The zero-order valence-electron chi connectivity index (χ0n) is 28.6. The number of amides is 2. The minimum atomic E-state index is -0.379. The summed E-state index contributed by atoms with van der Waals surface area (Å²) in [5.41, 5.74) is 9.17. The van der Waals surface area contributed by atoms with Gasteiger partial charge in [0, 0.05) is 21.9 Å². The molecule has 9 rings (SSSR count). The number of aromatic nitrogens is 2. The average molecular weight is 673 g/mol. The number of anilines is 1. The zero-order valence-corrected chi connectivity index (χ0v) is 28.6. The van der Waals surface area contributed by atoms with Crippen LogP contribution in [0, 0.1) is 11.3 Å². The van der Waals surface area contributed by atoms with Crippen molar-refractivity contribution in [2.75, 3.05) is 4.90 Å². The lowest BCUT2D eigenvalue weighted by Gasteiger charge is -2.20. The molecular weight excluding hydrogens is 641 g/mol. The molecule has 3 heterocycles. The van der Waals surface area contributed by atoms with E-state index in [1.807, 2.05) is 153 Å². The number of carbonyl (C=O) groups excluding carboxylic acids is 2. The Morgan fingerprint density at radius 3 is 1.96 bits per heavy atom. The molecule has 6 heteroatoms. The average Bonchev–Trinajstić information content (AvgIpc) is 3.68. The SMILES string of the molecule is CC.N#Cc1cccc(-c2ccc3c4ccccc4n(-c4cccc5c4C(=O)N(c4ccc(-c6ccccc6)cc4-c4ccccc4)C5=O)c3c2)n1. The van der Waals surface area contributed by atoms with Gasteiger partial charge in [0.1, 0.15) is 11.8 Å². The van der Waals surface area contributed by atoms with Crippen LogP contribution in [-0.4, -0.2) is 21.4 Å². The third kappa shape index (κ3) is 5.24. The highest BCUT2D eigenvalue weighted by Gasteiger charge is 2.40. The van der Waals surface area contributed by atoms with Crippen molar-refractivity contribution in [1.82, 2.24) is 9.55 Å². The molecule has 0 fully saturated rings. The van der Waals surface area contributed by atoms with Crippen LogP contribution in [0.2, 0.25) is 0 Å². The maximum Gasteiger partial charge on any atom is 0.268 e. The van der Waals surface area contributed by atoms with Gasteiger partial charge < -0.3 is 4.57 Å². The van der Waals surface area contributed by atoms with E-state index in [2.05, 4.69) is 21.7 Å². The number of benzene rings is 6. The zero-order chi connectivity index (χ0) is 35.8. The van der Waals surface area contributed by atoms with E-state index in [1.54, 1.807) is 12.1 Å². The molecule has 8 aromatic rings. The van der Waals surface area contributed by atoms with Crippen molar-refractivity contribution >= 4 is 39.3 Å². The molecule has 0 aliphatic carbocycles. The molecule has 0 saturated heterocycles. The van der Waals surface area contributed by atoms with Crippen molar-refractivity contribution in [3.05, 3.63) is 175 Å². The lowest BCUT2D eigenvalue weighted by molar-refractivity contribution is 0.0926. The lowest BCUT2D eigenvalue weighted by Crippen LogP contribution is -2.30. The first kappa shape index (κ1) is 32.1. The topological polar surface area (TPSA) is 79.0 Å². The third-order valence-corrected chi connectivity index (χ3v) is 9.40. The van der Waals surface area contributed by atoms with Crippen LogP contribution < -0.4 is 4.90 Å². The molecule has 0 saturated carbocycles. The summed E-state index contributed by atoms with van der Waals surface area (Å²) in [7, 11) is 0. The smallest absolute Gasteiger partial charge is 0.268 e. The number of hydrogen-bond donors (Lipinski definition) is 0. The fraction of sp³-hybridized carbons (Fsp3) is 0.0435. The van der Waals surface area contributed by atoms with E-state index < -0.39 is 0 Å². The summed E-state index contributed by atoms with van der Waals surface area (Å²) in [6.07, 6.45) is 0. The molecule has 0 radical (unpaired) electrons. The Morgan fingerprint density at radius 1 is 0.519 bits per heavy atom. The molecule has 6 nitrogen and oxygen atoms in total. The van der Waals surface area contributed by atoms with Crippen LogP contribution in [0.5, 0.6) is 0 Å². The van der Waals surface area contributed by atoms with E-state index in [0.717, 1.165) is 49.6 Å². The molecule has 2 amide bonds. The Hall–Kier alpha value is -7.10. The number of para-hydroxylation sites is 1. The predicted octanol–water partition coefficient (Wildman–Crippen LogP) is 10.9. The van der Waals surface area contributed by atoms with E-state index in [4.69, 9.17) is 0 Å². The van der Waals surface area contributed by atoms with Gasteiger partial charge in [-0.2, -0.15) is 5.26 Å². The van der Waals surface area contributed by atoms with Crippen LogP contribution in [0.15, 0.2) is 158 Å². The lowest BCUT2D eigenvalue weighted by atomic mass is 9.97. The highest BCUT2D eigenvalue weighted by Crippen LogP contribution is 2.42. The van der Waals surface area contributed by atoms with Gasteiger partial charge in [-0.3, -0.25) is 9.59 Å². The summed E-state index contributed by atoms with van der Waals surface area (Å²) < 4.78 is 2.06. The molecule has 52 heavy (non-hydrogen) atoms. The van der Waals surface area contributed by atoms with Crippen LogP contribution >= 0.6 is 0 Å². The highest BCUT2D eigenvalue weighted by atomic mass is 16.2. The van der Waals surface area contributed by atoms with Gasteiger partial charge in [-0.15, -0.1) is 0 Å². The summed E-state index contributed by atoms with van der Waals surface area (Å²) in [6, 6.07) is 52.9. The fourth-order valence-corrected chi connectivity index (χ4v) is 7.11. The number of nitrogens with zero attached hydrogens (tertiary/aromatic N) is 4. The summed E-state index contributed by atoms with van der Waals surface area (Å²) >= 11 is 0. The second kappa shape index (κ2) is 13.3. The Bertz CT molecular complexity index is 2710. The highest BCUT2D eigenvalue weighted by molar-refractivity contribution is 6.36. The molecule has 0 atom stereocenters. The first-order chi connectivity index (χ1) is 25.6. The van der Waals surface area contributed by atoms with Gasteiger partial charge in [0.05, 0.1) is 39.2 Å². The maximum absolute atomic E-state index is 14.7. The number of nitriles is 1. The monoisotopic (exact) mass is 672 g/mol.